The molecule has 1 aromatic rings. The van der Waals surface area contributed by atoms with Gasteiger partial charge in [0.15, 0.2) is 0 Å². The highest BCUT2D eigenvalue weighted by Gasteiger charge is 2.09. The average Bonchev–Trinajstić information content (AvgIpc) is 2.42. The van der Waals surface area contributed by atoms with Gasteiger partial charge in [0.1, 0.15) is 5.75 Å². The largest absolute Gasteiger partial charge is 0.497 e. The second kappa shape index (κ2) is 7.75. The number of carbonyl (C=O) groups excluding carboxylic acids is 1. The van der Waals surface area contributed by atoms with Gasteiger partial charge in [0.25, 0.3) is 0 Å². The van der Waals surface area contributed by atoms with Crippen LogP contribution in [-0.2, 0) is 11.2 Å². The van der Waals surface area contributed by atoms with Gasteiger partial charge in [-0.25, -0.2) is 4.79 Å². The zero-order valence-corrected chi connectivity index (χ0v) is 11.5. The number of benzene rings is 1. The van der Waals surface area contributed by atoms with Crippen molar-refractivity contribution in [1.82, 2.24) is 0 Å². The molecule has 0 aliphatic rings. The molecule has 0 fully saturated rings. The Kier molecular flexibility index (Phi) is 6.26. The minimum absolute atomic E-state index is 0.316. The second-order valence-electron chi connectivity index (χ2n) is 4.37. The van der Waals surface area contributed by atoms with Gasteiger partial charge < -0.3 is 9.47 Å². The molecule has 0 unspecified atom stereocenters. The summed E-state index contributed by atoms with van der Waals surface area (Å²) in [6.45, 7) is 2.20. The van der Waals surface area contributed by atoms with Crippen LogP contribution in [0.5, 0.6) is 5.75 Å². The summed E-state index contributed by atoms with van der Waals surface area (Å²) in [5.74, 6) is 0.395. The van der Waals surface area contributed by atoms with E-state index in [1.807, 2.05) is 12.1 Å². The van der Waals surface area contributed by atoms with Crippen molar-refractivity contribution in [2.45, 2.75) is 39.0 Å². The summed E-state index contributed by atoms with van der Waals surface area (Å²) >= 11 is 0. The van der Waals surface area contributed by atoms with Crippen LogP contribution in [0.4, 0.5) is 0 Å². The van der Waals surface area contributed by atoms with Crippen LogP contribution >= 0.6 is 0 Å². The van der Waals surface area contributed by atoms with Gasteiger partial charge in [-0.15, -0.1) is 0 Å². The third kappa shape index (κ3) is 4.40. The van der Waals surface area contributed by atoms with Gasteiger partial charge in [-0.05, 0) is 36.6 Å². The highest BCUT2D eigenvalue weighted by atomic mass is 16.5. The first-order valence-corrected chi connectivity index (χ1v) is 6.47. The number of hydrogen-bond acceptors (Lipinski definition) is 3. The molecule has 1 aromatic carbocycles. The van der Waals surface area contributed by atoms with E-state index in [2.05, 4.69) is 6.92 Å². The summed E-state index contributed by atoms with van der Waals surface area (Å²) in [6, 6.07) is 5.58. The Morgan fingerprint density at radius 3 is 2.50 bits per heavy atom. The molecule has 1 rings (SSSR count). The fourth-order valence-electron chi connectivity index (χ4n) is 1.91. The Balaban J connectivity index is 2.74. The van der Waals surface area contributed by atoms with E-state index in [-0.39, 0.29) is 5.97 Å². The molecule has 0 amide bonds. The molecule has 0 heterocycles. The second-order valence-corrected chi connectivity index (χ2v) is 4.37. The fourth-order valence-corrected chi connectivity index (χ4v) is 1.91. The maximum absolute atomic E-state index is 11.5. The molecule has 3 heteroatoms. The van der Waals surface area contributed by atoms with Gasteiger partial charge in [-0.2, -0.15) is 0 Å². The Morgan fingerprint density at radius 2 is 1.89 bits per heavy atom. The van der Waals surface area contributed by atoms with Gasteiger partial charge in [0.2, 0.25) is 0 Å². The van der Waals surface area contributed by atoms with Gasteiger partial charge in [-0.1, -0.05) is 26.2 Å². The predicted octanol–water partition coefficient (Wildman–Crippen LogP) is 3.60. The zero-order valence-electron chi connectivity index (χ0n) is 11.5. The number of aryl methyl sites for hydroxylation is 1. The van der Waals surface area contributed by atoms with Crippen molar-refractivity contribution in [3.8, 4) is 5.75 Å². The fraction of sp³-hybridized carbons (Fsp3) is 0.533. The van der Waals surface area contributed by atoms with Crippen LogP contribution in [-0.4, -0.2) is 20.2 Å². The van der Waals surface area contributed by atoms with E-state index in [0.29, 0.717) is 11.3 Å². The van der Waals surface area contributed by atoms with Crippen LogP contribution in [0, 0.1) is 0 Å². The van der Waals surface area contributed by atoms with Crippen LogP contribution in [0.25, 0.3) is 0 Å². The summed E-state index contributed by atoms with van der Waals surface area (Å²) in [7, 11) is 3.00. The molecular formula is C15H22O3. The maximum Gasteiger partial charge on any atom is 0.337 e. The van der Waals surface area contributed by atoms with Crippen molar-refractivity contribution in [2.24, 2.45) is 0 Å². The Bertz CT molecular complexity index is 385. The SMILES string of the molecule is CCCCCCc1cc(OC)cc(C(=O)OC)c1. The van der Waals surface area contributed by atoms with Crippen molar-refractivity contribution >= 4 is 5.97 Å². The predicted molar refractivity (Wildman–Crippen MR) is 72.2 cm³/mol. The maximum atomic E-state index is 11.5. The summed E-state index contributed by atoms with van der Waals surface area (Å²) < 4.78 is 9.95. The molecule has 0 N–H and O–H groups in total. The summed E-state index contributed by atoms with van der Waals surface area (Å²) in [6.07, 6.45) is 5.82. The van der Waals surface area contributed by atoms with Crippen LogP contribution in [0.15, 0.2) is 18.2 Å². The van der Waals surface area contributed by atoms with Crippen molar-refractivity contribution in [1.29, 1.82) is 0 Å². The van der Waals surface area contributed by atoms with Crippen LogP contribution < -0.4 is 4.74 Å². The number of rotatable bonds is 7. The third-order valence-electron chi connectivity index (χ3n) is 2.94. The van der Waals surface area contributed by atoms with E-state index in [4.69, 9.17) is 9.47 Å². The van der Waals surface area contributed by atoms with Crippen LogP contribution in [0.3, 0.4) is 0 Å². The number of carbonyl (C=O) groups is 1. The van der Waals surface area contributed by atoms with Crippen LogP contribution in [0.1, 0.15) is 48.5 Å². The Hall–Kier alpha value is -1.51. The van der Waals surface area contributed by atoms with Gasteiger partial charge in [-0.3, -0.25) is 0 Å². The normalized spacial score (nSPS) is 10.2. The van der Waals surface area contributed by atoms with E-state index < -0.39 is 0 Å². The van der Waals surface area contributed by atoms with Gasteiger partial charge in [0.05, 0.1) is 19.8 Å². The third-order valence-corrected chi connectivity index (χ3v) is 2.94. The molecule has 0 saturated heterocycles. The molecule has 0 spiro atoms. The lowest BCUT2D eigenvalue weighted by molar-refractivity contribution is 0.0600. The highest BCUT2D eigenvalue weighted by Crippen LogP contribution is 2.19. The number of ether oxygens (including phenoxy) is 2. The van der Waals surface area contributed by atoms with Crippen molar-refractivity contribution in [3.05, 3.63) is 29.3 Å². The molecule has 0 radical (unpaired) electrons. The topological polar surface area (TPSA) is 35.5 Å². The molecule has 0 atom stereocenters. The number of hydrogen-bond donors (Lipinski definition) is 0. The molecule has 100 valence electrons. The van der Waals surface area contributed by atoms with E-state index >= 15 is 0 Å². The number of unbranched alkanes of at least 4 members (excludes halogenated alkanes) is 3. The minimum Gasteiger partial charge on any atom is -0.497 e. The van der Waals surface area contributed by atoms with Crippen molar-refractivity contribution < 1.29 is 14.3 Å². The minimum atomic E-state index is -0.316. The van der Waals surface area contributed by atoms with Gasteiger partial charge >= 0.3 is 5.97 Å². The standard InChI is InChI=1S/C15H22O3/c1-4-5-6-7-8-12-9-13(15(16)18-3)11-14(10-12)17-2/h9-11H,4-8H2,1-3H3. The summed E-state index contributed by atoms with van der Waals surface area (Å²) in [4.78, 5) is 11.5. The first-order chi connectivity index (χ1) is 8.71. The Labute approximate surface area is 109 Å². The molecule has 0 bridgehead atoms. The summed E-state index contributed by atoms with van der Waals surface area (Å²) in [5.41, 5.74) is 1.69. The molecule has 0 saturated carbocycles. The molecule has 18 heavy (non-hydrogen) atoms. The quantitative estimate of drug-likeness (QED) is 0.548. The Morgan fingerprint density at radius 1 is 1.11 bits per heavy atom. The smallest absolute Gasteiger partial charge is 0.337 e. The first kappa shape index (κ1) is 14.6. The molecule has 3 nitrogen and oxygen atoms in total. The lowest BCUT2D eigenvalue weighted by atomic mass is 10.0. The van der Waals surface area contributed by atoms with Gasteiger partial charge in [0, 0.05) is 0 Å². The van der Waals surface area contributed by atoms with E-state index in [1.54, 1.807) is 13.2 Å². The van der Waals surface area contributed by atoms with E-state index in [9.17, 15) is 4.79 Å². The first-order valence-electron chi connectivity index (χ1n) is 6.47. The molecular weight excluding hydrogens is 228 g/mol. The van der Waals surface area contributed by atoms with Crippen molar-refractivity contribution in [2.75, 3.05) is 14.2 Å². The molecule has 0 aliphatic heterocycles. The zero-order chi connectivity index (χ0) is 13.4. The average molecular weight is 250 g/mol. The molecule has 0 aromatic heterocycles. The monoisotopic (exact) mass is 250 g/mol. The number of methoxy groups -OCH3 is 2. The van der Waals surface area contributed by atoms with Crippen molar-refractivity contribution in [3.63, 3.8) is 0 Å². The molecule has 0 aliphatic carbocycles. The van der Waals surface area contributed by atoms with E-state index in [1.165, 1.54) is 26.4 Å². The lowest BCUT2D eigenvalue weighted by Crippen LogP contribution is -2.03. The highest BCUT2D eigenvalue weighted by molar-refractivity contribution is 5.90. The van der Waals surface area contributed by atoms with E-state index in [0.717, 1.165) is 18.4 Å². The van der Waals surface area contributed by atoms with Crippen LogP contribution in [0.2, 0.25) is 0 Å². The number of esters is 1. The summed E-state index contributed by atoms with van der Waals surface area (Å²) in [5, 5.41) is 0. The lowest BCUT2D eigenvalue weighted by Gasteiger charge is -2.08.